The van der Waals surface area contributed by atoms with Gasteiger partial charge in [-0.1, -0.05) is 66.2 Å². The van der Waals surface area contributed by atoms with Gasteiger partial charge in [-0.05, 0) is 44.3 Å². The SMILES string of the molecule is Cc1ccc(-c2[nH]c3ccccc3c2[C@H]2c3ccccc3C(=O)N2CCC(=O)NCCN(C)C)cc1. The van der Waals surface area contributed by atoms with E-state index < -0.39 is 0 Å². The number of rotatable bonds is 8. The molecular weight excluding hydrogens is 448 g/mol. The van der Waals surface area contributed by atoms with Gasteiger partial charge in [0.1, 0.15) is 0 Å². The predicted octanol–water partition coefficient (Wildman–Crippen LogP) is 4.76. The Labute approximate surface area is 211 Å². The monoisotopic (exact) mass is 480 g/mol. The van der Waals surface area contributed by atoms with Crippen LogP contribution in [0.3, 0.4) is 0 Å². The molecule has 5 rings (SSSR count). The first-order chi connectivity index (χ1) is 17.4. The van der Waals surface area contributed by atoms with Crippen molar-refractivity contribution < 1.29 is 9.59 Å². The summed E-state index contributed by atoms with van der Waals surface area (Å²) in [6, 6.07) is 24.2. The molecule has 1 aliphatic rings. The molecule has 6 nitrogen and oxygen atoms in total. The Morgan fingerprint density at radius 3 is 2.50 bits per heavy atom. The smallest absolute Gasteiger partial charge is 0.255 e. The van der Waals surface area contributed by atoms with Gasteiger partial charge in [-0.2, -0.15) is 0 Å². The van der Waals surface area contributed by atoms with E-state index >= 15 is 0 Å². The number of likely N-dealkylation sites (N-methyl/N-ethyl adjacent to an activating group) is 1. The summed E-state index contributed by atoms with van der Waals surface area (Å²) in [5.41, 5.74) is 7.06. The highest BCUT2D eigenvalue weighted by Crippen LogP contribution is 2.45. The topological polar surface area (TPSA) is 68.4 Å². The molecule has 0 saturated heterocycles. The number of fused-ring (bicyclic) bond motifs is 2. The van der Waals surface area contributed by atoms with Crippen molar-refractivity contribution in [3.63, 3.8) is 0 Å². The molecule has 0 aliphatic carbocycles. The molecule has 36 heavy (non-hydrogen) atoms. The third-order valence-corrected chi connectivity index (χ3v) is 6.88. The highest BCUT2D eigenvalue weighted by atomic mass is 16.2. The minimum absolute atomic E-state index is 0.0307. The summed E-state index contributed by atoms with van der Waals surface area (Å²) in [7, 11) is 3.95. The lowest BCUT2D eigenvalue weighted by Gasteiger charge is -2.26. The highest BCUT2D eigenvalue weighted by molar-refractivity contribution is 6.02. The molecule has 1 aliphatic heterocycles. The van der Waals surface area contributed by atoms with Gasteiger partial charge in [0.25, 0.3) is 5.91 Å². The lowest BCUT2D eigenvalue weighted by molar-refractivity contribution is -0.121. The molecule has 0 spiro atoms. The molecule has 0 radical (unpaired) electrons. The van der Waals surface area contributed by atoms with Crippen LogP contribution in [0.4, 0.5) is 0 Å². The van der Waals surface area contributed by atoms with E-state index in [4.69, 9.17) is 0 Å². The van der Waals surface area contributed by atoms with Crippen LogP contribution >= 0.6 is 0 Å². The number of H-pyrrole nitrogens is 1. The molecule has 1 aromatic heterocycles. The van der Waals surface area contributed by atoms with E-state index in [0.29, 0.717) is 18.7 Å². The van der Waals surface area contributed by atoms with Gasteiger partial charge in [0.15, 0.2) is 0 Å². The first-order valence-corrected chi connectivity index (χ1v) is 12.4. The van der Waals surface area contributed by atoms with E-state index in [0.717, 1.165) is 39.8 Å². The molecule has 1 atom stereocenters. The first-order valence-electron chi connectivity index (χ1n) is 12.4. The summed E-state index contributed by atoms with van der Waals surface area (Å²) in [4.78, 5) is 33.8. The van der Waals surface area contributed by atoms with Crippen LogP contribution in [0.25, 0.3) is 22.2 Å². The Morgan fingerprint density at radius 2 is 1.72 bits per heavy atom. The van der Waals surface area contributed by atoms with Crippen molar-refractivity contribution in [2.45, 2.75) is 19.4 Å². The maximum atomic E-state index is 13.6. The van der Waals surface area contributed by atoms with E-state index in [1.807, 2.05) is 60.3 Å². The molecule has 3 aromatic carbocycles. The zero-order valence-electron chi connectivity index (χ0n) is 21.0. The quantitative estimate of drug-likeness (QED) is 0.382. The Morgan fingerprint density at radius 1 is 1.00 bits per heavy atom. The number of nitrogens with one attached hydrogen (secondary N) is 2. The fourth-order valence-electron chi connectivity index (χ4n) is 5.04. The minimum atomic E-state index is -0.282. The van der Waals surface area contributed by atoms with Gasteiger partial charge >= 0.3 is 0 Å². The number of carbonyl (C=O) groups is 2. The number of hydrogen-bond acceptors (Lipinski definition) is 3. The predicted molar refractivity (Wildman–Crippen MR) is 144 cm³/mol. The van der Waals surface area contributed by atoms with Crippen LogP contribution in [0.2, 0.25) is 0 Å². The van der Waals surface area contributed by atoms with Crippen LogP contribution < -0.4 is 5.32 Å². The Kier molecular flexibility index (Phi) is 6.61. The van der Waals surface area contributed by atoms with Gasteiger partial charge in [0.05, 0.1) is 11.7 Å². The molecule has 0 fully saturated rings. The average molecular weight is 481 g/mol. The second kappa shape index (κ2) is 9.99. The summed E-state index contributed by atoms with van der Waals surface area (Å²) in [5.74, 6) is -0.0751. The van der Waals surface area contributed by atoms with Crippen molar-refractivity contribution in [3.8, 4) is 11.3 Å². The van der Waals surface area contributed by atoms with Crippen molar-refractivity contribution in [1.29, 1.82) is 0 Å². The maximum Gasteiger partial charge on any atom is 0.255 e. The number of carbonyl (C=O) groups excluding carboxylic acids is 2. The molecule has 0 saturated carbocycles. The molecular formula is C30H32N4O2. The summed E-state index contributed by atoms with van der Waals surface area (Å²) in [5, 5.41) is 4.06. The maximum absolute atomic E-state index is 13.6. The standard InChI is InChI=1S/C30H32N4O2/c1-20-12-14-21(15-13-20)28-27(24-10-6-7-11-25(24)32-28)29-22-8-4-5-9-23(22)30(36)34(29)18-16-26(35)31-17-19-33(2)3/h4-15,29,32H,16-19H2,1-3H3,(H,31,35)/t29-/m1/s1. The molecule has 2 heterocycles. The average Bonchev–Trinajstić information content (AvgIpc) is 3.38. The Bertz CT molecular complexity index is 1400. The zero-order chi connectivity index (χ0) is 25.2. The molecule has 2 N–H and O–H groups in total. The van der Waals surface area contributed by atoms with Gasteiger partial charge in [0, 0.05) is 48.1 Å². The van der Waals surface area contributed by atoms with E-state index in [9.17, 15) is 9.59 Å². The third kappa shape index (κ3) is 4.52. The number of hydrogen-bond donors (Lipinski definition) is 2. The van der Waals surface area contributed by atoms with Crippen LogP contribution in [0, 0.1) is 6.92 Å². The molecule has 4 aromatic rings. The van der Waals surface area contributed by atoms with Gasteiger partial charge < -0.3 is 20.1 Å². The summed E-state index contributed by atoms with van der Waals surface area (Å²) >= 11 is 0. The van der Waals surface area contributed by atoms with Gasteiger partial charge in [-0.3, -0.25) is 9.59 Å². The number of amides is 2. The molecule has 184 valence electrons. The zero-order valence-corrected chi connectivity index (χ0v) is 21.0. The van der Waals surface area contributed by atoms with Crippen LogP contribution in [0.1, 0.15) is 39.5 Å². The number of aryl methyl sites for hydroxylation is 1. The second-order valence-electron chi connectivity index (χ2n) is 9.72. The highest BCUT2D eigenvalue weighted by Gasteiger charge is 2.40. The molecule has 2 amide bonds. The minimum Gasteiger partial charge on any atom is -0.355 e. The Balaban J connectivity index is 1.56. The van der Waals surface area contributed by atoms with Gasteiger partial charge in [-0.25, -0.2) is 0 Å². The van der Waals surface area contributed by atoms with Crippen molar-refractivity contribution in [3.05, 3.63) is 95.1 Å². The number of nitrogens with zero attached hydrogens (tertiary/aromatic N) is 2. The normalized spacial score (nSPS) is 15.1. The van der Waals surface area contributed by atoms with E-state index in [1.165, 1.54) is 5.56 Å². The number of aromatic amines is 1. The van der Waals surface area contributed by atoms with Crippen LogP contribution in [0.5, 0.6) is 0 Å². The third-order valence-electron chi connectivity index (χ3n) is 6.88. The Hall–Kier alpha value is -3.90. The summed E-state index contributed by atoms with van der Waals surface area (Å²) in [6.45, 7) is 3.78. The largest absolute Gasteiger partial charge is 0.355 e. The first kappa shape index (κ1) is 23.8. The van der Waals surface area contributed by atoms with Crippen LogP contribution in [-0.4, -0.2) is 60.3 Å². The molecule has 0 unspecified atom stereocenters. The van der Waals surface area contributed by atoms with Crippen molar-refractivity contribution in [2.24, 2.45) is 0 Å². The molecule has 6 heteroatoms. The fourth-order valence-corrected chi connectivity index (χ4v) is 5.04. The molecule has 0 bridgehead atoms. The van der Waals surface area contributed by atoms with Crippen LogP contribution in [0.15, 0.2) is 72.8 Å². The van der Waals surface area contributed by atoms with Crippen LogP contribution in [-0.2, 0) is 4.79 Å². The number of aromatic nitrogens is 1. The van der Waals surface area contributed by atoms with E-state index in [2.05, 4.69) is 53.6 Å². The van der Waals surface area contributed by atoms with Crippen molar-refractivity contribution >= 4 is 22.7 Å². The van der Waals surface area contributed by atoms with Crippen molar-refractivity contribution in [2.75, 3.05) is 33.7 Å². The second-order valence-corrected chi connectivity index (χ2v) is 9.72. The van der Waals surface area contributed by atoms with Crippen molar-refractivity contribution in [1.82, 2.24) is 20.1 Å². The van der Waals surface area contributed by atoms with Gasteiger partial charge in [0.2, 0.25) is 5.91 Å². The number of para-hydroxylation sites is 1. The fraction of sp³-hybridized carbons (Fsp3) is 0.267. The van der Waals surface area contributed by atoms with E-state index in [-0.39, 0.29) is 24.3 Å². The lowest BCUT2D eigenvalue weighted by atomic mass is 9.93. The summed E-state index contributed by atoms with van der Waals surface area (Å²) in [6.07, 6.45) is 0.256. The van der Waals surface area contributed by atoms with Gasteiger partial charge in [-0.15, -0.1) is 0 Å². The lowest BCUT2D eigenvalue weighted by Crippen LogP contribution is -2.36. The van der Waals surface area contributed by atoms with E-state index in [1.54, 1.807) is 0 Å². The number of benzene rings is 3. The summed E-state index contributed by atoms with van der Waals surface area (Å²) < 4.78 is 0.